The fraction of sp³-hybridized carbons (Fsp3) is 0.318. The summed E-state index contributed by atoms with van der Waals surface area (Å²) in [5.74, 6) is -3.26. The second-order valence-electron chi connectivity index (χ2n) is 14.9. The van der Waals surface area contributed by atoms with Crippen LogP contribution in [0.1, 0.15) is 72.5 Å². The van der Waals surface area contributed by atoms with Gasteiger partial charge < -0.3 is 16.2 Å². The first-order chi connectivity index (χ1) is 28.2. The predicted molar refractivity (Wildman–Crippen MR) is 207 cm³/mol. The highest BCUT2D eigenvalue weighted by Gasteiger charge is 2.51. The third kappa shape index (κ3) is 12.2. The highest BCUT2D eigenvalue weighted by molar-refractivity contribution is 5.85. The molecule has 5 N–H and O–H groups in total. The molecule has 1 saturated carbocycles. The van der Waals surface area contributed by atoms with Crippen molar-refractivity contribution >= 4 is 11.9 Å². The lowest BCUT2D eigenvalue weighted by Crippen LogP contribution is -2.53. The first kappa shape index (κ1) is 46.0. The van der Waals surface area contributed by atoms with Crippen molar-refractivity contribution in [2.24, 2.45) is 5.73 Å². The second kappa shape index (κ2) is 19.4. The zero-order valence-corrected chi connectivity index (χ0v) is 32.3. The number of halogens is 6. The van der Waals surface area contributed by atoms with Gasteiger partial charge in [-0.05, 0) is 84.3 Å². The molecule has 0 bridgehead atoms. The van der Waals surface area contributed by atoms with Crippen LogP contribution >= 0.6 is 0 Å². The average molecular weight is 828 g/mol. The first-order valence-electron chi connectivity index (χ1n) is 18.4. The van der Waals surface area contributed by atoms with Gasteiger partial charge in [0.25, 0.3) is 0 Å². The lowest BCUT2D eigenvalue weighted by atomic mass is 9.93. The molecule has 4 aromatic carbocycles. The highest BCUT2D eigenvalue weighted by atomic mass is 19.4. The van der Waals surface area contributed by atoms with Gasteiger partial charge in [0.1, 0.15) is 29.4 Å². The van der Waals surface area contributed by atoms with Gasteiger partial charge in [-0.3, -0.25) is 14.9 Å². The lowest BCUT2D eigenvalue weighted by molar-refractivity contribution is -0.161. The van der Waals surface area contributed by atoms with Crippen LogP contribution in [-0.2, 0) is 27.8 Å². The van der Waals surface area contributed by atoms with E-state index in [1.807, 2.05) is 12.1 Å². The van der Waals surface area contributed by atoms with Gasteiger partial charge in [-0.15, -0.1) is 0 Å². The number of amides is 1. The maximum absolute atomic E-state index is 14.8. The molecule has 1 fully saturated rings. The molecule has 0 radical (unpaired) electrons. The molecule has 0 saturated heterocycles. The van der Waals surface area contributed by atoms with Crippen molar-refractivity contribution in [2.45, 2.75) is 87.4 Å². The second-order valence-corrected chi connectivity index (χ2v) is 14.9. The van der Waals surface area contributed by atoms with Crippen LogP contribution in [0.25, 0.3) is 11.1 Å². The average Bonchev–Trinajstić information content (AvgIpc) is 4.03. The minimum Gasteiger partial charge on any atom is -0.481 e. The Labute approximate surface area is 342 Å². The van der Waals surface area contributed by atoms with Gasteiger partial charge in [0.05, 0.1) is 52.9 Å². The van der Waals surface area contributed by atoms with Gasteiger partial charge in [0.15, 0.2) is 0 Å². The SMILES string of the molecule is CC(C)(F)C[C@H](N[C@@H](c1ccc(-c2ccc(C3(C(=O)O)CC3)cc2)cc1)C(F)(F)F)C(=O)N[C@H](C#N)Cc1ccc(C#N)cc1F.N#Cc1ccc(C[C@H](N)C#N)c(F)c1. The van der Waals surface area contributed by atoms with Crippen LogP contribution in [0.2, 0.25) is 0 Å². The fourth-order valence-corrected chi connectivity index (χ4v) is 6.36. The van der Waals surface area contributed by atoms with E-state index >= 15 is 0 Å². The van der Waals surface area contributed by atoms with Gasteiger partial charge in [-0.25, -0.2) is 13.2 Å². The summed E-state index contributed by atoms with van der Waals surface area (Å²) < 4.78 is 85.5. The maximum Gasteiger partial charge on any atom is 0.407 e. The number of benzene rings is 4. The Kier molecular flexibility index (Phi) is 14.8. The molecule has 1 aliphatic rings. The Hall–Kier alpha value is -6.72. The number of rotatable bonds is 14. The number of carboxylic acid groups (broad SMARTS) is 1. The Morgan fingerprint density at radius 1 is 0.783 bits per heavy atom. The van der Waals surface area contributed by atoms with Crippen LogP contribution in [0.5, 0.6) is 0 Å². The Bertz CT molecular complexity index is 2350. The summed E-state index contributed by atoms with van der Waals surface area (Å²) in [6.07, 6.45) is -4.68. The number of nitriles is 4. The normalized spacial score (nSPS) is 14.9. The molecule has 310 valence electrons. The molecular formula is C44H39F6N7O3. The molecule has 60 heavy (non-hydrogen) atoms. The highest BCUT2D eigenvalue weighted by Crippen LogP contribution is 2.48. The number of alkyl halides is 4. The Balaban J connectivity index is 0.000000479. The minimum atomic E-state index is -4.90. The van der Waals surface area contributed by atoms with Crippen molar-refractivity contribution < 1.29 is 41.0 Å². The summed E-state index contributed by atoms with van der Waals surface area (Å²) in [5.41, 5.74) is 4.68. The summed E-state index contributed by atoms with van der Waals surface area (Å²) in [6, 6.07) is 20.8. The van der Waals surface area contributed by atoms with Crippen molar-refractivity contribution in [3.8, 4) is 35.4 Å². The molecule has 0 unspecified atom stereocenters. The van der Waals surface area contributed by atoms with E-state index in [9.17, 15) is 46.3 Å². The van der Waals surface area contributed by atoms with Crippen LogP contribution in [0.15, 0.2) is 84.9 Å². The van der Waals surface area contributed by atoms with Crippen molar-refractivity contribution in [1.82, 2.24) is 10.6 Å². The fourth-order valence-electron chi connectivity index (χ4n) is 6.36. The number of nitrogens with one attached hydrogen (secondary N) is 2. The van der Waals surface area contributed by atoms with Crippen LogP contribution in [0.3, 0.4) is 0 Å². The quantitative estimate of drug-likeness (QED) is 0.0929. The summed E-state index contributed by atoms with van der Waals surface area (Å²) in [7, 11) is 0. The summed E-state index contributed by atoms with van der Waals surface area (Å²) in [4.78, 5) is 24.8. The first-order valence-corrected chi connectivity index (χ1v) is 18.4. The van der Waals surface area contributed by atoms with E-state index in [1.54, 1.807) is 36.4 Å². The van der Waals surface area contributed by atoms with Crippen molar-refractivity contribution in [1.29, 1.82) is 21.0 Å². The van der Waals surface area contributed by atoms with Crippen molar-refractivity contribution in [3.05, 3.63) is 130 Å². The maximum atomic E-state index is 14.8. The van der Waals surface area contributed by atoms with E-state index in [0.717, 1.165) is 26.0 Å². The van der Waals surface area contributed by atoms with Crippen LogP contribution in [0, 0.1) is 57.0 Å². The molecule has 5 rings (SSSR count). The summed E-state index contributed by atoms with van der Waals surface area (Å²) >= 11 is 0. The molecule has 0 aliphatic heterocycles. The monoisotopic (exact) mass is 827 g/mol. The van der Waals surface area contributed by atoms with Crippen LogP contribution in [-0.4, -0.2) is 47.0 Å². The molecule has 4 aromatic rings. The third-order valence-corrected chi connectivity index (χ3v) is 9.74. The van der Waals surface area contributed by atoms with Gasteiger partial charge in [-0.2, -0.15) is 34.2 Å². The number of nitrogens with zero attached hydrogens (tertiary/aromatic N) is 4. The van der Waals surface area contributed by atoms with Gasteiger partial charge in [0.2, 0.25) is 5.91 Å². The van der Waals surface area contributed by atoms with E-state index in [2.05, 4.69) is 10.6 Å². The Morgan fingerprint density at radius 3 is 1.68 bits per heavy atom. The van der Waals surface area contributed by atoms with Crippen LogP contribution in [0.4, 0.5) is 26.3 Å². The molecule has 0 aromatic heterocycles. The molecule has 0 heterocycles. The standard InChI is InChI=1S/C34H31F5N4O3.C10H8FN3/c1-32(2,36)17-28(30(44)42-26(19-41)16-24-4-3-20(18-40)15-27(24)35)43-29(34(37,38)39)23-7-5-21(6-8-23)22-9-11-25(12-10-22)33(13-14-33)31(45)46;11-10-3-7(5-12)1-2-8(10)4-9(14)6-13/h3-12,15,26,28-29,43H,13-14,16-17H2,1-2H3,(H,42,44)(H,45,46);1-3,9H,4,14H2/t26-,28-,29-;9-/m00/s1. The molecule has 1 amide bonds. The molecule has 0 spiro atoms. The van der Waals surface area contributed by atoms with E-state index in [1.165, 1.54) is 48.5 Å². The van der Waals surface area contributed by atoms with E-state index in [0.29, 0.717) is 35.1 Å². The topological polar surface area (TPSA) is 200 Å². The Morgan fingerprint density at radius 2 is 1.28 bits per heavy atom. The van der Waals surface area contributed by atoms with Crippen molar-refractivity contribution in [2.75, 3.05) is 0 Å². The smallest absolute Gasteiger partial charge is 0.407 e. The number of hydrogen-bond donors (Lipinski definition) is 4. The lowest BCUT2D eigenvalue weighted by Gasteiger charge is -2.30. The predicted octanol–water partition coefficient (Wildman–Crippen LogP) is 7.52. The van der Waals surface area contributed by atoms with Gasteiger partial charge in [0, 0.05) is 19.3 Å². The molecule has 10 nitrogen and oxygen atoms in total. The van der Waals surface area contributed by atoms with E-state index < -0.39 is 71.4 Å². The van der Waals surface area contributed by atoms with Crippen molar-refractivity contribution in [3.63, 3.8) is 0 Å². The molecule has 1 aliphatic carbocycles. The molecule has 16 heteroatoms. The molecule has 4 atom stereocenters. The number of hydrogen-bond acceptors (Lipinski definition) is 8. The minimum absolute atomic E-state index is 0.00184. The van der Waals surface area contributed by atoms with Crippen LogP contribution < -0.4 is 16.4 Å². The van der Waals surface area contributed by atoms with Gasteiger partial charge in [-0.1, -0.05) is 60.7 Å². The number of carboxylic acids is 1. The summed E-state index contributed by atoms with van der Waals surface area (Å²) in [6.45, 7) is 2.21. The zero-order valence-electron chi connectivity index (χ0n) is 32.3. The van der Waals surface area contributed by atoms with E-state index in [4.69, 9.17) is 21.5 Å². The summed E-state index contributed by atoms with van der Waals surface area (Å²) in [5, 5.41) is 49.5. The number of carbonyl (C=O) groups is 2. The number of carbonyl (C=O) groups excluding carboxylic acids is 1. The van der Waals surface area contributed by atoms with E-state index in [-0.39, 0.29) is 35.1 Å². The third-order valence-electron chi connectivity index (χ3n) is 9.74. The van der Waals surface area contributed by atoms with Gasteiger partial charge >= 0.3 is 12.1 Å². The molecular weight excluding hydrogens is 789 g/mol. The zero-order chi connectivity index (χ0) is 44.4. The number of nitrogens with two attached hydrogens (primary N) is 1. The largest absolute Gasteiger partial charge is 0.481 e. The number of aliphatic carboxylic acids is 1.